The molecule has 4 heteroatoms. The molecule has 0 bridgehead atoms. The molecule has 0 fully saturated rings. The van der Waals surface area contributed by atoms with Crippen LogP contribution >= 0.6 is 0 Å². The smallest absolute Gasteiger partial charge is 0.258 e. The Balaban J connectivity index is 2.39. The molecular formula is C16H22N2O2. The molecule has 0 radical (unpaired) electrons. The van der Waals surface area contributed by atoms with Gasteiger partial charge in [-0.05, 0) is 32.9 Å². The van der Waals surface area contributed by atoms with E-state index in [1.165, 1.54) is 0 Å². The number of hydrogen-bond acceptors (Lipinski definition) is 3. The maximum Gasteiger partial charge on any atom is 0.258 e. The van der Waals surface area contributed by atoms with Crippen LogP contribution in [0.3, 0.4) is 0 Å². The van der Waals surface area contributed by atoms with E-state index in [-0.39, 0.29) is 11.4 Å². The Kier molecular flexibility index (Phi) is 4.02. The lowest BCUT2D eigenvalue weighted by atomic mass is 10.0. The highest BCUT2D eigenvalue weighted by Crippen LogP contribution is 2.33. The van der Waals surface area contributed by atoms with Gasteiger partial charge in [0.05, 0.1) is 11.3 Å². The van der Waals surface area contributed by atoms with Crippen LogP contribution < -0.4 is 10.1 Å². The summed E-state index contributed by atoms with van der Waals surface area (Å²) in [5.74, 6) is 0.625. The highest BCUT2D eigenvalue weighted by Gasteiger charge is 2.29. The van der Waals surface area contributed by atoms with Crippen LogP contribution in [0, 0.1) is 0 Å². The van der Waals surface area contributed by atoms with Gasteiger partial charge in [-0.15, -0.1) is 6.58 Å². The summed E-state index contributed by atoms with van der Waals surface area (Å²) in [7, 11) is 0. The van der Waals surface area contributed by atoms with Crippen molar-refractivity contribution < 1.29 is 9.53 Å². The molecule has 0 saturated heterocycles. The van der Waals surface area contributed by atoms with Gasteiger partial charge < -0.3 is 15.0 Å². The van der Waals surface area contributed by atoms with Crippen molar-refractivity contribution >= 4 is 11.6 Å². The van der Waals surface area contributed by atoms with Gasteiger partial charge in [0.25, 0.3) is 5.91 Å². The first-order valence-electron chi connectivity index (χ1n) is 6.87. The lowest BCUT2D eigenvalue weighted by molar-refractivity contribution is 0.0612. The Morgan fingerprint density at radius 2 is 2.25 bits per heavy atom. The number of para-hydroxylation sites is 1. The van der Waals surface area contributed by atoms with Crippen molar-refractivity contribution in [2.45, 2.75) is 26.3 Å². The van der Waals surface area contributed by atoms with Gasteiger partial charge in [0, 0.05) is 18.6 Å². The van der Waals surface area contributed by atoms with Crippen molar-refractivity contribution in [1.82, 2.24) is 4.90 Å². The fraction of sp³-hybridized carbons (Fsp3) is 0.438. The van der Waals surface area contributed by atoms with E-state index in [1.807, 2.05) is 39.0 Å². The number of carbonyl (C=O) groups excluding carboxylic acids is 1. The summed E-state index contributed by atoms with van der Waals surface area (Å²) >= 11 is 0. The first-order chi connectivity index (χ1) is 9.45. The molecule has 0 spiro atoms. The van der Waals surface area contributed by atoms with Crippen LogP contribution in [-0.4, -0.2) is 36.0 Å². The van der Waals surface area contributed by atoms with E-state index >= 15 is 0 Å². The SMILES string of the molecule is C=CCN(C(=O)c1cccc2c1OCCN2)C(C)(C)C. The molecule has 4 nitrogen and oxygen atoms in total. The van der Waals surface area contributed by atoms with Gasteiger partial charge in [0.1, 0.15) is 6.61 Å². The number of carbonyl (C=O) groups is 1. The number of rotatable bonds is 3. The third-order valence-electron chi connectivity index (χ3n) is 3.28. The van der Waals surface area contributed by atoms with Crippen molar-refractivity contribution in [1.29, 1.82) is 0 Å². The van der Waals surface area contributed by atoms with Gasteiger partial charge in [-0.2, -0.15) is 0 Å². The number of benzene rings is 1. The molecule has 1 aliphatic heterocycles. The van der Waals surface area contributed by atoms with Gasteiger partial charge in [-0.3, -0.25) is 4.79 Å². The van der Waals surface area contributed by atoms with Crippen LogP contribution in [0.25, 0.3) is 0 Å². The number of anilines is 1. The van der Waals surface area contributed by atoms with E-state index in [0.29, 0.717) is 24.5 Å². The minimum Gasteiger partial charge on any atom is -0.489 e. The minimum atomic E-state index is -0.268. The number of fused-ring (bicyclic) bond motifs is 1. The Morgan fingerprint density at radius 1 is 1.50 bits per heavy atom. The first kappa shape index (κ1) is 14.4. The van der Waals surface area contributed by atoms with Crippen LogP contribution in [0.2, 0.25) is 0 Å². The molecule has 108 valence electrons. The molecule has 1 aliphatic rings. The average Bonchev–Trinajstić information content (AvgIpc) is 2.42. The predicted octanol–water partition coefficient (Wildman–Crippen LogP) is 2.92. The van der Waals surface area contributed by atoms with Crippen molar-refractivity contribution in [3.8, 4) is 5.75 Å². The van der Waals surface area contributed by atoms with Crippen molar-refractivity contribution in [2.75, 3.05) is 25.0 Å². The second-order valence-electron chi connectivity index (χ2n) is 5.83. The maximum absolute atomic E-state index is 12.8. The van der Waals surface area contributed by atoms with Crippen molar-refractivity contribution in [3.05, 3.63) is 36.4 Å². The number of amides is 1. The zero-order valence-corrected chi connectivity index (χ0v) is 12.4. The Labute approximate surface area is 120 Å². The average molecular weight is 274 g/mol. The predicted molar refractivity (Wildman–Crippen MR) is 81.4 cm³/mol. The summed E-state index contributed by atoms with van der Waals surface area (Å²) in [5, 5.41) is 3.25. The van der Waals surface area contributed by atoms with Gasteiger partial charge >= 0.3 is 0 Å². The molecule has 1 aromatic rings. The quantitative estimate of drug-likeness (QED) is 0.862. The van der Waals surface area contributed by atoms with Crippen LogP contribution in [0.4, 0.5) is 5.69 Å². The first-order valence-corrected chi connectivity index (χ1v) is 6.87. The third-order valence-corrected chi connectivity index (χ3v) is 3.28. The van der Waals surface area contributed by atoms with E-state index in [2.05, 4.69) is 11.9 Å². The standard InChI is InChI=1S/C16H22N2O2/c1-5-10-18(16(2,3)4)15(19)12-7-6-8-13-14(12)20-11-9-17-13/h5-8,17H,1,9-11H2,2-4H3. The molecule has 0 saturated carbocycles. The Morgan fingerprint density at radius 3 is 2.90 bits per heavy atom. The van der Waals surface area contributed by atoms with Crippen LogP contribution in [-0.2, 0) is 0 Å². The molecule has 1 N–H and O–H groups in total. The maximum atomic E-state index is 12.8. The second kappa shape index (κ2) is 5.57. The zero-order chi connectivity index (χ0) is 14.8. The molecule has 2 rings (SSSR count). The number of hydrogen-bond donors (Lipinski definition) is 1. The molecule has 1 heterocycles. The fourth-order valence-electron chi connectivity index (χ4n) is 2.27. The van der Waals surface area contributed by atoms with Gasteiger partial charge in [0.2, 0.25) is 0 Å². The van der Waals surface area contributed by atoms with E-state index < -0.39 is 0 Å². The highest BCUT2D eigenvalue weighted by atomic mass is 16.5. The number of ether oxygens (including phenoxy) is 1. The summed E-state index contributed by atoms with van der Waals surface area (Å²) in [6.45, 7) is 11.6. The molecule has 1 aromatic carbocycles. The largest absolute Gasteiger partial charge is 0.489 e. The van der Waals surface area contributed by atoms with Gasteiger partial charge in [-0.1, -0.05) is 12.1 Å². The lowest BCUT2D eigenvalue weighted by Crippen LogP contribution is -2.45. The summed E-state index contributed by atoms with van der Waals surface area (Å²) < 4.78 is 5.68. The zero-order valence-electron chi connectivity index (χ0n) is 12.4. The van der Waals surface area contributed by atoms with Gasteiger partial charge in [0.15, 0.2) is 5.75 Å². The van der Waals surface area contributed by atoms with E-state index in [0.717, 1.165) is 12.2 Å². The normalized spacial score (nSPS) is 13.8. The highest BCUT2D eigenvalue weighted by molar-refractivity contribution is 5.99. The molecule has 0 aliphatic carbocycles. The summed E-state index contributed by atoms with van der Waals surface area (Å²) in [5.41, 5.74) is 1.22. The van der Waals surface area contributed by atoms with E-state index in [1.54, 1.807) is 11.0 Å². The van der Waals surface area contributed by atoms with Crippen molar-refractivity contribution in [2.24, 2.45) is 0 Å². The van der Waals surface area contributed by atoms with Crippen LogP contribution in [0.1, 0.15) is 31.1 Å². The molecule has 0 aromatic heterocycles. The topological polar surface area (TPSA) is 41.6 Å². The summed E-state index contributed by atoms with van der Waals surface area (Å²) in [4.78, 5) is 14.6. The summed E-state index contributed by atoms with van der Waals surface area (Å²) in [6, 6.07) is 5.62. The van der Waals surface area contributed by atoms with E-state index in [9.17, 15) is 4.79 Å². The van der Waals surface area contributed by atoms with Crippen LogP contribution in [0.15, 0.2) is 30.9 Å². The molecule has 0 atom stereocenters. The molecule has 20 heavy (non-hydrogen) atoms. The Hall–Kier alpha value is -1.97. The fourth-order valence-corrected chi connectivity index (χ4v) is 2.27. The van der Waals surface area contributed by atoms with Crippen molar-refractivity contribution in [3.63, 3.8) is 0 Å². The third kappa shape index (κ3) is 2.79. The summed E-state index contributed by atoms with van der Waals surface area (Å²) in [6.07, 6.45) is 1.75. The second-order valence-corrected chi connectivity index (χ2v) is 5.83. The van der Waals surface area contributed by atoms with Crippen LogP contribution in [0.5, 0.6) is 5.75 Å². The molecular weight excluding hydrogens is 252 g/mol. The van der Waals surface area contributed by atoms with Gasteiger partial charge in [-0.25, -0.2) is 0 Å². The Bertz CT molecular complexity index is 518. The number of nitrogens with one attached hydrogen (secondary N) is 1. The lowest BCUT2D eigenvalue weighted by Gasteiger charge is -2.35. The molecule has 0 unspecified atom stereocenters. The van der Waals surface area contributed by atoms with E-state index in [4.69, 9.17) is 4.74 Å². The number of nitrogens with zero attached hydrogens (tertiary/aromatic N) is 1. The monoisotopic (exact) mass is 274 g/mol. The minimum absolute atomic E-state index is 0.0297. The molecule has 1 amide bonds.